The molecule has 0 aromatic heterocycles. The van der Waals surface area contributed by atoms with Crippen LogP contribution >= 0.6 is 12.2 Å². The van der Waals surface area contributed by atoms with E-state index in [0.29, 0.717) is 11.5 Å². The van der Waals surface area contributed by atoms with Crippen LogP contribution in [-0.4, -0.2) is 19.4 Å². The van der Waals surface area contributed by atoms with Crippen LogP contribution < -0.4 is 10.5 Å². The predicted octanol–water partition coefficient (Wildman–Crippen LogP) is 2.18. The summed E-state index contributed by atoms with van der Waals surface area (Å²) < 4.78 is 27.6. The molecule has 0 amide bonds. The minimum Gasteiger partial charge on any atom is -0.389 e. The lowest BCUT2D eigenvalue weighted by Gasteiger charge is -2.27. The smallest absolute Gasteiger partial charge is 0.240 e. The highest BCUT2D eigenvalue weighted by atomic mass is 32.2. The molecular weight excluding hydrogens is 292 g/mol. The van der Waals surface area contributed by atoms with Gasteiger partial charge >= 0.3 is 0 Å². The summed E-state index contributed by atoms with van der Waals surface area (Å²) in [6, 6.07) is 6.49. The average Bonchev–Trinajstić information content (AvgIpc) is 2.38. The van der Waals surface area contributed by atoms with Gasteiger partial charge in [0.25, 0.3) is 0 Å². The molecule has 0 aliphatic heterocycles. The van der Waals surface area contributed by atoms with E-state index in [9.17, 15) is 8.42 Å². The van der Waals surface area contributed by atoms with Crippen molar-refractivity contribution in [1.82, 2.24) is 4.72 Å². The fourth-order valence-electron chi connectivity index (χ4n) is 2.65. The second-order valence-electron chi connectivity index (χ2n) is 5.48. The first-order valence-electron chi connectivity index (χ1n) is 6.80. The van der Waals surface area contributed by atoms with E-state index in [1.165, 1.54) is 12.5 Å². The summed E-state index contributed by atoms with van der Waals surface area (Å²) in [4.78, 5) is 0.425. The Labute approximate surface area is 125 Å². The molecule has 1 fully saturated rings. The summed E-state index contributed by atoms with van der Waals surface area (Å²) in [6.45, 7) is 2.16. The van der Waals surface area contributed by atoms with Gasteiger partial charge in [0, 0.05) is 11.6 Å². The number of sulfonamides is 1. The lowest BCUT2D eigenvalue weighted by Crippen LogP contribution is -2.38. The SMILES string of the molecule is CC1CCCC(NS(=O)(=O)c2cccc(C(N)=S)c2)C1. The van der Waals surface area contributed by atoms with Gasteiger partial charge in [-0.3, -0.25) is 0 Å². The largest absolute Gasteiger partial charge is 0.389 e. The summed E-state index contributed by atoms with van der Waals surface area (Å²) in [5.74, 6) is 0.569. The van der Waals surface area contributed by atoms with Gasteiger partial charge in [0.15, 0.2) is 0 Å². The zero-order valence-corrected chi connectivity index (χ0v) is 13.1. The van der Waals surface area contributed by atoms with Crippen LogP contribution in [0, 0.1) is 5.92 Å². The van der Waals surface area contributed by atoms with Crippen LogP contribution in [0.2, 0.25) is 0 Å². The molecule has 3 N–H and O–H groups in total. The van der Waals surface area contributed by atoms with Crippen molar-refractivity contribution in [2.45, 2.75) is 43.5 Å². The van der Waals surface area contributed by atoms with Crippen LogP contribution in [0.1, 0.15) is 38.2 Å². The van der Waals surface area contributed by atoms with E-state index >= 15 is 0 Å². The average molecular weight is 312 g/mol. The molecule has 0 saturated heterocycles. The van der Waals surface area contributed by atoms with Crippen LogP contribution in [0.5, 0.6) is 0 Å². The van der Waals surface area contributed by atoms with E-state index in [1.54, 1.807) is 18.2 Å². The topological polar surface area (TPSA) is 72.2 Å². The van der Waals surface area contributed by atoms with Crippen molar-refractivity contribution in [3.8, 4) is 0 Å². The third-order valence-electron chi connectivity index (χ3n) is 3.69. The molecule has 0 spiro atoms. The van der Waals surface area contributed by atoms with Gasteiger partial charge in [0.1, 0.15) is 4.99 Å². The molecule has 1 aliphatic rings. The van der Waals surface area contributed by atoms with E-state index < -0.39 is 10.0 Å². The Morgan fingerprint density at radius 3 is 2.80 bits per heavy atom. The predicted molar refractivity (Wildman–Crippen MR) is 84.1 cm³/mol. The van der Waals surface area contributed by atoms with Crippen molar-refractivity contribution < 1.29 is 8.42 Å². The molecular formula is C14H20N2O2S2. The van der Waals surface area contributed by atoms with Crippen LogP contribution in [0.4, 0.5) is 0 Å². The molecule has 4 nitrogen and oxygen atoms in total. The molecule has 0 radical (unpaired) electrons. The molecule has 2 rings (SSSR count). The third-order valence-corrected chi connectivity index (χ3v) is 5.44. The molecule has 110 valence electrons. The van der Waals surface area contributed by atoms with Crippen LogP contribution in [-0.2, 0) is 10.0 Å². The Morgan fingerprint density at radius 2 is 2.15 bits per heavy atom. The minimum atomic E-state index is -3.50. The van der Waals surface area contributed by atoms with Crippen molar-refractivity contribution in [2.75, 3.05) is 0 Å². The lowest BCUT2D eigenvalue weighted by molar-refractivity contribution is 0.327. The number of hydrogen-bond donors (Lipinski definition) is 2. The normalized spacial score (nSPS) is 23.4. The maximum Gasteiger partial charge on any atom is 0.240 e. The highest BCUT2D eigenvalue weighted by Crippen LogP contribution is 2.25. The fraction of sp³-hybridized carbons (Fsp3) is 0.500. The molecule has 1 aromatic rings. The van der Waals surface area contributed by atoms with Crippen molar-refractivity contribution in [3.05, 3.63) is 29.8 Å². The van der Waals surface area contributed by atoms with Crippen LogP contribution in [0.25, 0.3) is 0 Å². The van der Waals surface area contributed by atoms with Gasteiger partial charge in [-0.05, 0) is 30.9 Å². The number of benzene rings is 1. The maximum absolute atomic E-state index is 12.4. The van der Waals surface area contributed by atoms with Gasteiger partial charge in [0.2, 0.25) is 10.0 Å². The van der Waals surface area contributed by atoms with Gasteiger partial charge in [-0.25, -0.2) is 13.1 Å². The summed E-state index contributed by atoms with van der Waals surface area (Å²) in [6.07, 6.45) is 4.04. The Hall–Kier alpha value is -0.980. The molecule has 1 aliphatic carbocycles. The Morgan fingerprint density at radius 1 is 1.40 bits per heavy atom. The van der Waals surface area contributed by atoms with Gasteiger partial charge in [0.05, 0.1) is 4.90 Å². The van der Waals surface area contributed by atoms with E-state index in [4.69, 9.17) is 18.0 Å². The van der Waals surface area contributed by atoms with Gasteiger partial charge in [-0.15, -0.1) is 0 Å². The monoisotopic (exact) mass is 312 g/mol. The summed E-state index contributed by atoms with van der Waals surface area (Å²) in [5, 5.41) is 0. The van der Waals surface area contributed by atoms with E-state index in [1.807, 2.05) is 0 Å². The molecule has 6 heteroatoms. The zero-order valence-electron chi connectivity index (χ0n) is 11.5. The molecule has 2 atom stereocenters. The highest BCUT2D eigenvalue weighted by Gasteiger charge is 2.24. The first-order chi connectivity index (χ1) is 9.38. The number of thiocarbonyl (C=S) groups is 1. The lowest BCUT2D eigenvalue weighted by atomic mass is 9.88. The van der Waals surface area contributed by atoms with Crippen molar-refractivity contribution in [3.63, 3.8) is 0 Å². The van der Waals surface area contributed by atoms with Crippen LogP contribution in [0.3, 0.4) is 0 Å². The standard InChI is InChI=1S/C14H20N2O2S2/c1-10-4-2-6-12(8-10)16-20(17,18)13-7-3-5-11(9-13)14(15)19/h3,5,7,9-10,12,16H,2,4,6,8H2,1H3,(H2,15,19). The molecule has 0 bridgehead atoms. The second kappa shape index (κ2) is 6.20. The van der Waals surface area contributed by atoms with Gasteiger partial charge < -0.3 is 5.73 Å². The first kappa shape index (κ1) is 15.4. The van der Waals surface area contributed by atoms with Crippen LogP contribution in [0.15, 0.2) is 29.2 Å². The van der Waals surface area contributed by atoms with E-state index in [2.05, 4.69) is 11.6 Å². The number of nitrogens with two attached hydrogens (primary N) is 1. The number of rotatable bonds is 4. The zero-order chi connectivity index (χ0) is 14.8. The quantitative estimate of drug-likeness (QED) is 0.836. The van der Waals surface area contributed by atoms with Crippen molar-refractivity contribution in [2.24, 2.45) is 11.7 Å². The fourth-order valence-corrected chi connectivity index (χ4v) is 4.10. The molecule has 2 unspecified atom stereocenters. The summed E-state index contributed by atoms with van der Waals surface area (Å²) >= 11 is 4.88. The molecule has 0 heterocycles. The Balaban J connectivity index is 2.17. The van der Waals surface area contributed by atoms with E-state index in [0.717, 1.165) is 19.3 Å². The second-order valence-corrected chi connectivity index (χ2v) is 7.64. The Kier molecular flexibility index (Phi) is 4.78. The third kappa shape index (κ3) is 3.77. The van der Waals surface area contributed by atoms with Gasteiger partial charge in [-0.1, -0.05) is 44.1 Å². The molecule has 1 aromatic carbocycles. The molecule has 20 heavy (non-hydrogen) atoms. The Bertz CT molecular complexity index is 599. The number of hydrogen-bond acceptors (Lipinski definition) is 3. The first-order valence-corrected chi connectivity index (χ1v) is 8.70. The van der Waals surface area contributed by atoms with Gasteiger partial charge in [-0.2, -0.15) is 0 Å². The van der Waals surface area contributed by atoms with Crippen molar-refractivity contribution in [1.29, 1.82) is 0 Å². The maximum atomic E-state index is 12.4. The number of nitrogens with one attached hydrogen (secondary N) is 1. The van der Waals surface area contributed by atoms with Crippen molar-refractivity contribution >= 4 is 27.2 Å². The summed E-state index contributed by atoms with van der Waals surface area (Å²) in [7, 11) is -3.50. The minimum absolute atomic E-state index is 0.0252. The van der Waals surface area contributed by atoms with E-state index in [-0.39, 0.29) is 15.9 Å². The summed E-state index contributed by atoms with van der Waals surface area (Å²) in [5.41, 5.74) is 6.11. The highest BCUT2D eigenvalue weighted by molar-refractivity contribution is 7.89. The molecule has 1 saturated carbocycles.